The Morgan fingerprint density at radius 3 is 2.76 bits per heavy atom. The van der Waals surface area contributed by atoms with Gasteiger partial charge in [0.1, 0.15) is 6.61 Å². The minimum Gasteiger partial charge on any atom is -0.371 e. The normalized spacial score (nSPS) is 12.0. The van der Waals surface area contributed by atoms with Crippen LogP contribution >= 0.6 is 0 Å². The summed E-state index contributed by atoms with van der Waals surface area (Å²) in [6.45, 7) is -0.811. The molecule has 2 rings (SSSR count). The Balaban J connectivity index is 1.84. The van der Waals surface area contributed by atoms with Crippen molar-refractivity contribution in [2.24, 2.45) is 0 Å². The van der Waals surface area contributed by atoms with Gasteiger partial charge in [0.25, 0.3) is 5.56 Å². The fourth-order valence-electron chi connectivity index (χ4n) is 1.88. The lowest BCUT2D eigenvalue weighted by atomic mass is 10.1. The molecule has 2 N–H and O–H groups in total. The molecule has 0 saturated heterocycles. The van der Waals surface area contributed by atoms with Crippen molar-refractivity contribution in [3.8, 4) is 0 Å². The summed E-state index contributed by atoms with van der Waals surface area (Å²) in [4.78, 5) is 14.6. The lowest BCUT2D eigenvalue weighted by Gasteiger charge is -2.08. The van der Waals surface area contributed by atoms with Gasteiger partial charge in [0.05, 0.1) is 6.61 Å². The van der Waals surface area contributed by atoms with Crippen molar-refractivity contribution in [1.82, 2.24) is 10.3 Å². The fourth-order valence-corrected chi connectivity index (χ4v) is 1.88. The van der Waals surface area contributed by atoms with Crippen LogP contribution in [0.1, 0.15) is 5.56 Å². The number of rotatable bonds is 6. The van der Waals surface area contributed by atoms with Gasteiger partial charge in [-0.1, -0.05) is 18.2 Å². The molecule has 0 bridgehead atoms. The van der Waals surface area contributed by atoms with Gasteiger partial charge in [-0.2, -0.15) is 13.2 Å². The number of halogens is 3. The number of aromatic amines is 1. The van der Waals surface area contributed by atoms with Crippen LogP contribution < -0.4 is 10.9 Å². The largest absolute Gasteiger partial charge is 0.411 e. The third-order valence-corrected chi connectivity index (χ3v) is 2.83. The Morgan fingerprint density at radius 1 is 1.24 bits per heavy atom. The predicted octanol–water partition coefficient (Wildman–Crippen LogP) is 2.20. The molecule has 2 aromatic rings. The van der Waals surface area contributed by atoms with Crippen molar-refractivity contribution in [3.05, 3.63) is 46.2 Å². The van der Waals surface area contributed by atoms with Crippen molar-refractivity contribution in [2.45, 2.75) is 12.7 Å². The van der Waals surface area contributed by atoms with E-state index in [0.29, 0.717) is 5.56 Å². The van der Waals surface area contributed by atoms with E-state index in [0.717, 1.165) is 10.9 Å². The first-order valence-corrected chi connectivity index (χ1v) is 6.42. The summed E-state index contributed by atoms with van der Waals surface area (Å²) >= 11 is 0. The molecule has 0 spiro atoms. The van der Waals surface area contributed by atoms with Gasteiger partial charge in [0, 0.05) is 24.2 Å². The number of hydrogen-bond donors (Lipinski definition) is 2. The van der Waals surface area contributed by atoms with Gasteiger partial charge in [-0.25, -0.2) is 0 Å². The molecular weight excluding hydrogens is 285 g/mol. The molecule has 0 saturated carbocycles. The topological polar surface area (TPSA) is 54.1 Å². The molecule has 0 atom stereocenters. The van der Waals surface area contributed by atoms with Crippen LogP contribution in [0.3, 0.4) is 0 Å². The second-order valence-corrected chi connectivity index (χ2v) is 4.56. The van der Waals surface area contributed by atoms with Crippen molar-refractivity contribution >= 4 is 10.9 Å². The van der Waals surface area contributed by atoms with Crippen LogP contribution in [0.25, 0.3) is 10.9 Å². The van der Waals surface area contributed by atoms with Crippen LogP contribution in [0, 0.1) is 0 Å². The minimum atomic E-state index is -4.31. The molecule has 0 amide bonds. The molecule has 0 unspecified atom stereocenters. The zero-order valence-electron chi connectivity index (χ0n) is 11.2. The van der Waals surface area contributed by atoms with Gasteiger partial charge >= 0.3 is 6.18 Å². The van der Waals surface area contributed by atoms with Crippen LogP contribution in [0.5, 0.6) is 0 Å². The highest BCUT2D eigenvalue weighted by Gasteiger charge is 2.27. The average Bonchev–Trinajstić information content (AvgIpc) is 2.41. The Kier molecular flexibility index (Phi) is 4.98. The number of H-pyrrole nitrogens is 1. The second-order valence-electron chi connectivity index (χ2n) is 4.56. The highest BCUT2D eigenvalue weighted by molar-refractivity contribution is 5.78. The number of pyridine rings is 1. The van der Waals surface area contributed by atoms with Crippen LogP contribution in [0.2, 0.25) is 0 Å². The zero-order chi connectivity index (χ0) is 15.3. The zero-order valence-corrected chi connectivity index (χ0v) is 11.2. The maximum Gasteiger partial charge on any atom is 0.411 e. The van der Waals surface area contributed by atoms with E-state index in [-0.39, 0.29) is 25.3 Å². The van der Waals surface area contributed by atoms with Gasteiger partial charge in [-0.15, -0.1) is 0 Å². The lowest BCUT2D eigenvalue weighted by molar-refractivity contribution is -0.173. The van der Waals surface area contributed by atoms with Gasteiger partial charge < -0.3 is 15.0 Å². The molecule has 1 aromatic heterocycles. The number of para-hydroxylation sites is 1. The summed E-state index contributed by atoms with van der Waals surface area (Å²) in [7, 11) is 0. The lowest BCUT2D eigenvalue weighted by Crippen LogP contribution is -2.26. The molecule has 0 aliphatic carbocycles. The highest BCUT2D eigenvalue weighted by Crippen LogP contribution is 2.14. The van der Waals surface area contributed by atoms with Crippen LogP contribution in [0.4, 0.5) is 13.2 Å². The molecule has 0 aliphatic rings. The predicted molar refractivity (Wildman–Crippen MR) is 73.1 cm³/mol. The highest BCUT2D eigenvalue weighted by atomic mass is 19.4. The number of alkyl halides is 3. The number of nitrogens with one attached hydrogen (secondary N) is 2. The molecule has 7 heteroatoms. The Morgan fingerprint density at radius 2 is 2.00 bits per heavy atom. The van der Waals surface area contributed by atoms with Gasteiger partial charge in [-0.3, -0.25) is 4.79 Å². The van der Waals surface area contributed by atoms with Crippen molar-refractivity contribution in [3.63, 3.8) is 0 Å². The van der Waals surface area contributed by atoms with E-state index in [2.05, 4.69) is 15.0 Å². The van der Waals surface area contributed by atoms with Crippen LogP contribution in [-0.2, 0) is 11.3 Å². The maximum absolute atomic E-state index is 11.8. The number of fused-ring (bicyclic) bond motifs is 1. The summed E-state index contributed by atoms with van der Waals surface area (Å²) in [5.41, 5.74) is 1.07. The number of benzene rings is 1. The second kappa shape index (κ2) is 6.73. The maximum atomic E-state index is 11.8. The third kappa shape index (κ3) is 4.87. The molecule has 0 radical (unpaired) electrons. The molecule has 4 nitrogen and oxygen atoms in total. The molecule has 114 valence electrons. The van der Waals surface area contributed by atoms with Gasteiger partial charge in [0.2, 0.25) is 0 Å². The van der Waals surface area contributed by atoms with E-state index in [4.69, 9.17) is 0 Å². The van der Waals surface area contributed by atoms with Crippen LogP contribution in [0.15, 0.2) is 35.1 Å². The number of hydrogen-bond acceptors (Lipinski definition) is 3. The first kappa shape index (κ1) is 15.5. The molecule has 21 heavy (non-hydrogen) atoms. The summed E-state index contributed by atoms with van der Waals surface area (Å²) in [5, 5.41) is 3.79. The van der Waals surface area contributed by atoms with E-state index in [1.54, 1.807) is 12.1 Å². The molecule has 1 heterocycles. The first-order chi connectivity index (χ1) is 9.96. The van der Waals surface area contributed by atoms with Crippen molar-refractivity contribution < 1.29 is 17.9 Å². The smallest absolute Gasteiger partial charge is 0.371 e. The fraction of sp³-hybridized carbons (Fsp3) is 0.357. The van der Waals surface area contributed by atoms with E-state index >= 15 is 0 Å². The van der Waals surface area contributed by atoms with E-state index in [1.165, 1.54) is 0 Å². The van der Waals surface area contributed by atoms with E-state index < -0.39 is 12.8 Å². The van der Waals surface area contributed by atoms with Crippen molar-refractivity contribution in [1.29, 1.82) is 0 Å². The molecule has 0 fully saturated rings. The number of ether oxygens (including phenoxy) is 1. The Bertz CT molecular complexity index is 652. The van der Waals surface area contributed by atoms with Gasteiger partial charge in [0.15, 0.2) is 0 Å². The summed E-state index contributed by atoms with van der Waals surface area (Å²) in [6, 6.07) is 9.13. The Labute approximate surface area is 118 Å². The molecule has 1 aromatic carbocycles. The average molecular weight is 300 g/mol. The summed E-state index contributed by atoms with van der Waals surface area (Å²) in [6.07, 6.45) is -4.31. The van der Waals surface area contributed by atoms with Crippen LogP contribution in [-0.4, -0.2) is 30.9 Å². The van der Waals surface area contributed by atoms with E-state index in [9.17, 15) is 18.0 Å². The molecular formula is C14H15F3N2O2. The summed E-state index contributed by atoms with van der Waals surface area (Å²) < 4.78 is 40.0. The first-order valence-electron chi connectivity index (χ1n) is 6.42. The SMILES string of the molecule is O=c1[nH]c2ccccc2cc1CNCCOCC(F)(F)F. The monoisotopic (exact) mass is 300 g/mol. The van der Waals surface area contributed by atoms with Crippen molar-refractivity contribution in [2.75, 3.05) is 19.8 Å². The Hall–Kier alpha value is -1.86. The van der Waals surface area contributed by atoms with Gasteiger partial charge in [-0.05, 0) is 17.5 Å². The van der Waals surface area contributed by atoms with E-state index in [1.807, 2.05) is 18.2 Å². The standard InChI is InChI=1S/C14H15F3N2O2/c15-14(16,17)9-21-6-5-18-8-11-7-10-3-1-2-4-12(10)19-13(11)20/h1-4,7,18H,5-6,8-9H2,(H,19,20). The third-order valence-electron chi connectivity index (χ3n) is 2.83. The minimum absolute atomic E-state index is 0.0645. The molecule has 0 aliphatic heterocycles. The summed E-state index contributed by atoms with van der Waals surface area (Å²) in [5.74, 6) is 0. The quantitative estimate of drug-likeness (QED) is 0.804. The number of aromatic nitrogens is 1.